The molecule has 0 aromatic heterocycles. The number of hydrogen-bond acceptors (Lipinski definition) is 13. The van der Waals surface area contributed by atoms with E-state index < -0.39 is 90.4 Å². The molecule has 0 aromatic carbocycles. The monoisotopic (exact) mass is 808 g/mol. The molecule has 4 aliphatic rings. The van der Waals surface area contributed by atoms with Gasteiger partial charge >= 0.3 is 5.97 Å². The molecule has 4 heterocycles. The van der Waals surface area contributed by atoms with Gasteiger partial charge in [-0.2, -0.15) is 0 Å². The van der Waals surface area contributed by atoms with Crippen LogP contribution >= 0.6 is 0 Å². The molecule has 5 N–H and O–H groups in total. The third-order valence-corrected chi connectivity index (χ3v) is 12.8. The molecule has 4 aliphatic heterocycles. The molecule has 4 rings (SSSR count). The van der Waals surface area contributed by atoms with E-state index in [-0.39, 0.29) is 37.6 Å². The van der Waals surface area contributed by atoms with Crippen molar-refractivity contribution in [3.05, 3.63) is 47.6 Å². The van der Waals surface area contributed by atoms with E-state index >= 15 is 0 Å². The van der Waals surface area contributed by atoms with Gasteiger partial charge in [-0.15, -0.1) is 0 Å². The van der Waals surface area contributed by atoms with Gasteiger partial charge in [0.05, 0.1) is 42.7 Å². The smallest absolute Gasteiger partial charge is 0.331 e. The number of fused-ring (bicyclic) bond motifs is 2. The number of cyclic esters (lactones) is 1. The summed E-state index contributed by atoms with van der Waals surface area (Å²) in [4.78, 5) is 13.5. The van der Waals surface area contributed by atoms with Crippen LogP contribution in [-0.4, -0.2) is 124 Å². The summed E-state index contributed by atoms with van der Waals surface area (Å²) in [5.41, 5.74) is 0.589. The molecular formula is C44H72O13. The third kappa shape index (κ3) is 12.1. The minimum absolute atomic E-state index is 0.00431. The van der Waals surface area contributed by atoms with Crippen LogP contribution in [0.4, 0.5) is 0 Å². The Hall–Kier alpha value is -2.01. The predicted octanol–water partition coefficient (Wildman–Crippen LogP) is 5.02. The Morgan fingerprint density at radius 3 is 2.44 bits per heavy atom. The molecule has 0 amide bonds. The first-order chi connectivity index (χ1) is 26.8. The Labute approximate surface area is 340 Å². The first-order valence-electron chi connectivity index (χ1n) is 21.0. The summed E-state index contributed by atoms with van der Waals surface area (Å²) < 4.78 is 42.7. The van der Waals surface area contributed by atoms with E-state index in [0.29, 0.717) is 12.0 Å². The first-order valence-corrected chi connectivity index (χ1v) is 21.0. The number of hydrogen-bond donors (Lipinski definition) is 5. The van der Waals surface area contributed by atoms with Crippen molar-refractivity contribution in [1.29, 1.82) is 0 Å². The van der Waals surface area contributed by atoms with E-state index in [1.807, 2.05) is 52.8 Å². The predicted molar refractivity (Wildman–Crippen MR) is 213 cm³/mol. The lowest BCUT2D eigenvalue weighted by atomic mass is 9.77. The normalized spacial score (nSPS) is 41.6. The summed E-state index contributed by atoms with van der Waals surface area (Å²) in [5.74, 6) is -4.60. The van der Waals surface area contributed by atoms with Gasteiger partial charge in [-0.25, -0.2) is 4.79 Å². The molecule has 2 bridgehead atoms. The number of aliphatic hydroxyl groups is 5. The Bertz CT molecular complexity index is 1400. The van der Waals surface area contributed by atoms with Crippen LogP contribution in [0.3, 0.4) is 0 Å². The second-order valence-electron chi connectivity index (χ2n) is 17.3. The summed E-state index contributed by atoms with van der Waals surface area (Å²) in [5, 5.41) is 56.5. The zero-order valence-corrected chi connectivity index (χ0v) is 35.8. The fraction of sp³-hybridized carbons (Fsp3) is 0.795. The fourth-order valence-corrected chi connectivity index (χ4v) is 8.73. The minimum atomic E-state index is -1.84. The molecule has 13 heteroatoms. The highest BCUT2D eigenvalue weighted by Gasteiger charge is 2.52. The highest BCUT2D eigenvalue weighted by Crippen LogP contribution is 2.42. The Morgan fingerprint density at radius 1 is 1.05 bits per heavy atom. The van der Waals surface area contributed by atoms with Gasteiger partial charge in [0, 0.05) is 49.7 Å². The van der Waals surface area contributed by atoms with Crippen molar-refractivity contribution in [2.24, 2.45) is 23.7 Å². The number of methoxy groups -OCH3 is 1. The van der Waals surface area contributed by atoms with E-state index in [4.69, 9.17) is 33.2 Å². The molecule has 326 valence electrons. The van der Waals surface area contributed by atoms with Crippen LogP contribution < -0.4 is 0 Å². The molecule has 3 fully saturated rings. The molecule has 0 unspecified atom stereocenters. The van der Waals surface area contributed by atoms with Gasteiger partial charge in [0.2, 0.25) is 0 Å². The van der Waals surface area contributed by atoms with Gasteiger partial charge in [0.25, 0.3) is 0 Å². The molecule has 0 aromatic rings. The molecule has 0 aliphatic carbocycles. The molecular weight excluding hydrogens is 736 g/mol. The van der Waals surface area contributed by atoms with E-state index in [0.717, 1.165) is 31.3 Å². The summed E-state index contributed by atoms with van der Waals surface area (Å²) in [6, 6.07) is 0. The number of unbranched alkanes of at least 4 members (excludes halogenated alkanes) is 2. The lowest BCUT2D eigenvalue weighted by Gasteiger charge is -2.49. The van der Waals surface area contributed by atoms with Crippen molar-refractivity contribution in [1.82, 2.24) is 0 Å². The first kappa shape index (κ1) is 47.7. The maximum absolute atomic E-state index is 13.5. The largest absolute Gasteiger partial charge is 0.456 e. The number of esters is 1. The second kappa shape index (κ2) is 21.0. The van der Waals surface area contributed by atoms with Crippen molar-refractivity contribution in [3.63, 3.8) is 0 Å². The molecule has 0 saturated carbocycles. The van der Waals surface area contributed by atoms with Gasteiger partial charge in [0.1, 0.15) is 30.7 Å². The lowest BCUT2D eigenvalue weighted by molar-refractivity contribution is -0.343. The number of ether oxygens (including phenoxy) is 7. The van der Waals surface area contributed by atoms with Gasteiger partial charge in [-0.1, -0.05) is 82.4 Å². The number of rotatable bonds is 11. The highest BCUT2D eigenvalue weighted by molar-refractivity contribution is 5.82. The maximum atomic E-state index is 13.5. The van der Waals surface area contributed by atoms with E-state index in [9.17, 15) is 30.3 Å². The molecule has 17 atom stereocenters. The van der Waals surface area contributed by atoms with Crippen LogP contribution in [0.5, 0.6) is 0 Å². The van der Waals surface area contributed by atoms with Crippen LogP contribution in [-0.2, 0) is 38.0 Å². The topological polar surface area (TPSA) is 183 Å². The third-order valence-electron chi connectivity index (χ3n) is 12.8. The summed E-state index contributed by atoms with van der Waals surface area (Å²) in [6.07, 6.45) is 6.16. The van der Waals surface area contributed by atoms with Crippen LogP contribution in [0.25, 0.3) is 0 Å². The van der Waals surface area contributed by atoms with Crippen molar-refractivity contribution in [3.8, 4) is 0 Å². The van der Waals surface area contributed by atoms with Gasteiger partial charge in [-0.05, 0) is 53.5 Å². The van der Waals surface area contributed by atoms with E-state index in [2.05, 4.69) is 6.92 Å². The van der Waals surface area contributed by atoms with Crippen LogP contribution in [0.15, 0.2) is 47.6 Å². The average molecular weight is 809 g/mol. The molecule has 3 saturated heterocycles. The molecule has 57 heavy (non-hydrogen) atoms. The molecule has 0 spiro atoms. The summed E-state index contributed by atoms with van der Waals surface area (Å²) in [6.45, 7) is 16.7. The van der Waals surface area contributed by atoms with Crippen molar-refractivity contribution in [2.75, 3.05) is 13.9 Å². The van der Waals surface area contributed by atoms with Crippen molar-refractivity contribution >= 4 is 5.97 Å². The zero-order valence-electron chi connectivity index (χ0n) is 35.8. The number of aliphatic hydroxyl groups excluding tert-OH is 4. The van der Waals surface area contributed by atoms with Crippen LogP contribution in [0.1, 0.15) is 107 Å². The number of carbonyl (C=O) groups excluding carboxylic acids is 1. The quantitative estimate of drug-likeness (QED) is 0.139. The van der Waals surface area contributed by atoms with Crippen LogP contribution in [0.2, 0.25) is 0 Å². The summed E-state index contributed by atoms with van der Waals surface area (Å²) in [7, 11) is 1.50. The van der Waals surface area contributed by atoms with Crippen molar-refractivity contribution < 1.29 is 63.5 Å². The minimum Gasteiger partial charge on any atom is -0.456 e. The van der Waals surface area contributed by atoms with E-state index in [1.165, 1.54) is 13.2 Å². The Balaban J connectivity index is 1.61. The standard InChI is InChI=1S/C44H72O13/c1-11-12-13-16-34-32-20-25(2)15-14-17-35(51-10)41(56-37(46)19-18-26(3)22-43(9,42(32)49)53-24-52-34)28(5)39(47)29(6)44(50)23-36(27(4)30(7)57-44)55-38-21-33(45)40(48)31(8)54-38/h14-15,17-19,22,27-36,38-42,45,47-50H,11-13,16,20-21,23-24H2,1-10H3/t27-,28+,29+,30-,31-,32-,33-,34+,35+,36-,38+,39-,40-,41-,42+,43+,44-/m1/s1. The Kier molecular flexibility index (Phi) is 17.6. The van der Waals surface area contributed by atoms with Gasteiger partial charge in [-0.3, -0.25) is 0 Å². The fourth-order valence-electron chi connectivity index (χ4n) is 8.73. The van der Waals surface area contributed by atoms with E-state index in [1.54, 1.807) is 32.9 Å². The lowest BCUT2D eigenvalue weighted by Crippen LogP contribution is -2.59. The van der Waals surface area contributed by atoms with Gasteiger partial charge in [0.15, 0.2) is 12.1 Å². The molecule has 13 nitrogen and oxygen atoms in total. The number of carbonyl (C=O) groups is 1. The SMILES string of the molecule is CCCCC[C@@H]1OCO[C@@]2(C)C=C(C)C=CC(=O)O[C@H]([C@@H](C)[C@@H](O)[C@H](C)[C@@]3(O)C[C@@H](O[C@H]4C[C@@H](O)[C@H](O)[C@@H](C)O4)[C@H](C)[C@@H](C)O3)[C@@H](OC)C=CC=C(C)C[C@H]1[C@@H]2O. The number of allylic oxidation sites excluding steroid dienone is 5. The zero-order chi connectivity index (χ0) is 42.2. The van der Waals surface area contributed by atoms with Crippen molar-refractivity contribution in [2.45, 2.75) is 186 Å². The summed E-state index contributed by atoms with van der Waals surface area (Å²) >= 11 is 0. The molecule has 0 radical (unpaired) electrons. The highest BCUT2D eigenvalue weighted by atomic mass is 16.7. The van der Waals surface area contributed by atoms with Crippen LogP contribution in [0, 0.1) is 23.7 Å². The average Bonchev–Trinajstić information content (AvgIpc) is 3.26. The Morgan fingerprint density at radius 2 is 1.77 bits per heavy atom. The van der Waals surface area contributed by atoms with Gasteiger partial charge < -0.3 is 58.7 Å². The second-order valence-corrected chi connectivity index (χ2v) is 17.3. The maximum Gasteiger partial charge on any atom is 0.331 e.